The highest BCUT2D eigenvalue weighted by Crippen LogP contribution is 2.33. The van der Waals surface area contributed by atoms with Crippen molar-refractivity contribution in [3.05, 3.63) is 40.8 Å². The van der Waals surface area contributed by atoms with E-state index in [0.29, 0.717) is 10.5 Å². The summed E-state index contributed by atoms with van der Waals surface area (Å²) >= 11 is 0.920. The summed E-state index contributed by atoms with van der Waals surface area (Å²) in [6, 6.07) is 4.41. The van der Waals surface area contributed by atoms with Crippen LogP contribution in [-0.2, 0) is 4.79 Å². The number of carbonyl (C=O) groups excluding carboxylic acids is 2. The maximum atomic E-state index is 13.5. The van der Waals surface area contributed by atoms with Gasteiger partial charge >= 0.3 is 0 Å². The topological polar surface area (TPSA) is 75.4 Å². The van der Waals surface area contributed by atoms with Crippen LogP contribution in [-0.4, -0.2) is 34.3 Å². The van der Waals surface area contributed by atoms with Gasteiger partial charge in [-0.1, -0.05) is 5.16 Å². The molecule has 6 nitrogen and oxygen atoms in total. The smallest absolute Gasteiger partial charge is 0.290 e. The van der Waals surface area contributed by atoms with Gasteiger partial charge in [-0.3, -0.25) is 14.9 Å². The minimum atomic E-state index is -0.343. The van der Waals surface area contributed by atoms with Crippen molar-refractivity contribution in [1.29, 1.82) is 0 Å². The molecule has 1 N–H and O–H groups in total. The van der Waals surface area contributed by atoms with Crippen LogP contribution >= 0.6 is 11.8 Å². The van der Waals surface area contributed by atoms with E-state index in [0.717, 1.165) is 48.8 Å². The number of halogens is 1. The normalized spacial score (nSPS) is 21.0. The molecule has 2 aliphatic rings. The molecule has 0 unspecified atom stereocenters. The third kappa shape index (κ3) is 2.77. The van der Waals surface area contributed by atoms with Gasteiger partial charge in [0.05, 0.1) is 10.6 Å². The number of benzene rings is 1. The maximum absolute atomic E-state index is 13.5. The quantitative estimate of drug-likeness (QED) is 0.842. The van der Waals surface area contributed by atoms with E-state index in [1.165, 1.54) is 12.1 Å². The third-order valence-electron chi connectivity index (χ3n) is 4.32. The number of nitrogens with one attached hydrogen (secondary N) is 1. The van der Waals surface area contributed by atoms with Crippen LogP contribution in [0.4, 0.5) is 9.18 Å². The Morgan fingerprint density at radius 1 is 1.33 bits per heavy atom. The standard InChI is InChI=1S/C16H14FN3O3S/c17-10-1-2-12-11(7-10)14(19-23-12)9-3-5-20(6-4-9)8-13-15(21)18-16(22)24-13/h1-2,7-9H,3-6H2,(H,18,21,22)/b13-8-. The molecule has 24 heavy (non-hydrogen) atoms. The molecule has 3 heterocycles. The van der Waals surface area contributed by atoms with Gasteiger partial charge in [-0.2, -0.15) is 0 Å². The Morgan fingerprint density at radius 3 is 2.83 bits per heavy atom. The first-order valence-corrected chi connectivity index (χ1v) is 8.45. The monoisotopic (exact) mass is 347 g/mol. The molecule has 0 aliphatic carbocycles. The molecule has 124 valence electrons. The van der Waals surface area contributed by atoms with Crippen LogP contribution in [0.1, 0.15) is 24.5 Å². The lowest BCUT2D eigenvalue weighted by atomic mass is 9.92. The van der Waals surface area contributed by atoms with Crippen molar-refractivity contribution < 1.29 is 18.5 Å². The first kappa shape index (κ1) is 15.2. The number of amides is 2. The van der Waals surface area contributed by atoms with E-state index in [9.17, 15) is 14.0 Å². The average Bonchev–Trinajstić information content (AvgIpc) is 3.11. The second-order valence-corrected chi connectivity index (χ2v) is 6.87. The molecule has 2 amide bonds. The summed E-state index contributed by atoms with van der Waals surface area (Å²) in [6.07, 6.45) is 3.38. The number of hydrogen-bond donors (Lipinski definition) is 1. The molecule has 1 aromatic carbocycles. The molecular weight excluding hydrogens is 333 g/mol. The summed E-state index contributed by atoms with van der Waals surface area (Å²) < 4.78 is 18.7. The lowest BCUT2D eigenvalue weighted by Gasteiger charge is -2.30. The number of likely N-dealkylation sites (tertiary alicyclic amines) is 1. The first-order valence-electron chi connectivity index (χ1n) is 7.64. The highest BCUT2D eigenvalue weighted by Gasteiger charge is 2.28. The minimum Gasteiger partial charge on any atom is -0.376 e. The zero-order valence-corrected chi connectivity index (χ0v) is 13.4. The van der Waals surface area contributed by atoms with Crippen molar-refractivity contribution in [3.8, 4) is 0 Å². The summed E-state index contributed by atoms with van der Waals surface area (Å²) in [4.78, 5) is 25.2. The number of carbonyl (C=O) groups is 2. The zero-order chi connectivity index (χ0) is 16.7. The van der Waals surface area contributed by atoms with Crippen LogP contribution in [0.25, 0.3) is 11.0 Å². The number of fused-ring (bicyclic) bond motifs is 1. The Bertz CT molecular complexity index is 855. The number of nitrogens with zero attached hydrogens (tertiary/aromatic N) is 2. The largest absolute Gasteiger partial charge is 0.376 e. The minimum absolute atomic E-state index is 0.189. The molecule has 2 aliphatic heterocycles. The number of imide groups is 1. The van der Waals surface area contributed by atoms with E-state index in [1.807, 2.05) is 4.90 Å². The third-order valence-corrected chi connectivity index (χ3v) is 5.12. The molecule has 2 saturated heterocycles. The molecule has 1 aromatic heterocycles. The lowest BCUT2D eigenvalue weighted by Crippen LogP contribution is -2.29. The van der Waals surface area contributed by atoms with Crippen LogP contribution in [0.15, 0.2) is 33.8 Å². The predicted octanol–water partition coefficient (Wildman–Crippen LogP) is 2.97. The molecule has 8 heteroatoms. The van der Waals surface area contributed by atoms with Crippen molar-refractivity contribution in [1.82, 2.24) is 15.4 Å². The number of piperidine rings is 1. The lowest BCUT2D eigenvalue weighted by molar-refractivity contribution is -0.115. The van der Waals surface area contributed by atoms with Gasteiger partial charge in [-0.25, -0.2) is 4.39 Å². The van der Waals surface area contributed by atoms with E-state index in [-0.39, 0.29) is 22.9 Å². The van der Waals surface area contributed by atoms with Gasteiger partial charge in [0, 0.05) is 30.6 Å². The first-order chi connectivity index (χ1) is 11.6. The van der Waals surface area contributed by atoms with Gasteiger partial charge in [0.2, 0.25) is 0 Å². The van der Waals surface area contributed by atoms with Crippen molar-refractivity contribution in [3.63, 3.8) is 0 Å². The summed E-state index contributed by atoms with van der Waals surface area (Å²) in [5.41, 5.74) is 1.38. The molecule has 2 aromatic rings. The van der Waals surface area contributed by atoms with Gasteiger partial charge in [0.1, 0.15) is 5.82 Å². The van der Waals surface area contributed by atoms with Crippen LogP contribution in [0.5, 0.6) is 0 Å². The zero-order valence-electron chi connectivity index (χ0n) is 12.6. The molecule has 0 bridgehead atoms. The van der Waals surface area contributed by atoms with E-state index in [4.69, 9.17) is 4.52 Å². The highest BCUT2D eigenvalue weighted by atomic mass is 32.2. The van der Waals surface area contributed by atoms with E-state index in [2.05, 4.69) is 10.5 Å². The fourth-order valence-corrected chi connectivity index (χ4v) is 3.79. The Morgan fingerprint density at radius 2 is 2.12 bits per heavy atom. The fourth-order valence-electron chi connectivity index (χ4n) is 3.10. The number of aromatic nitrogens is 1. The predicted molar refractivity (Wildman–Crippen MR) is 86.7 cm³/mol. The van der Waals surface area contributed by atoms with Gasteiger partial charge in [0.25, 0.3) is 11.1 Å². The molecule has 2 fully saturated rings. The number of rotatable bonds is 2. The van der Waals surface area contributed by atoms with Crippen LogP contribution < -0.4 is 5.32 Å². The average molecular weight is 347 g/mol. The Hall–Kier alpha value is -2.35. The van der Waals surface area contributed by atoms with E-state index < -0.39 is 0 Å². The molecule has 0 spiro atoms. The Balaban J connectivity index is 1.48. The van der Waals surface area contributed by atoms with Crippen LogP contribution in [0.3, 0.4) is 0 Å². The maximum Gasteiger partial charge on any atom is 0.290 e. The van der Waals surface area contributed by atoms with Crippen molar-refractivity contribution in [2.45, 2.75) is 18.8 Å². The Kier molecular flexibility index (Phi) is 3.76. The molecular formula is C16H14FN3O3S. The summed E-state index contributed by atoms with van der Waals surface area (Å²) in [5, 5.41) is 6.76. The second-order valence-electron chi connectivity index (χ2n) is 5.86. The van der Waals surface area contributed by atoms with Crippen molar-refractivity contribution >= 4 is 33.9 Å². The summed E-state index contributed by atoms with van der Waals surface area (Å²) in [6.45, 7) is 1.47. The van der Waals surface area contributed by atoms with Crippen LogP contribution in [0.2, 0.25) is 0 Å². The van der Waals surface area contributed by atoms with Gasteiger partial charge in [0.15, 0.2) is 5.58 Å². The second kappa shape index (κ2) is 5.94. The summed E-state index contributed by atoms with van der Waals surface area (Å²) in [5.74, 6) is -0.456. The number of hydrogen-bond acceptors (Lipinski definition) is 6. The van der Waals surface area contributed by atoms with E-state index in [1.54, 1.807) is 12.3 Å². The molecule has 0 saturated carbocycles. The van der Waals surface area contributed by atoms with Gasteiger partial charge in [-0.15, -0.1) is 0 Å². The number of thioether (sulfide) groups is 1. The van der Waals surface area contributed by atoms with Crippen molar-refractivity contribution in [2.75, 3.05) is 13.1 Å². The molecule has 0 radical (unpaired) electrons. The van der Waals surface area contributed by atoms with Crippen LogP contribution in [0, 0.1) is 5.82 Å². The SMILES string of the molecule is O=C1NC(=O)/C(=C/N2CCC(c3noc4ccc(F)cc34)CC2)S1. The highest BCUT2D eigenvalue weighted by molar-refractivity contribution is 8.18. The Labute approximate surface area is 141 Å². The van der Waals surface area contributed by atoms with Crippen molar-refractivity contribution in [2.24, 2.45) is 0 Å². The fraction of sp³-hybridized carbons (Fsp3) is 0.312. The van der Waals surface area contributed by atoms with Gasteiger partial charge in [-0.05, 0) is 42.8 Å². The van der Waals surface area contributed by atoms with E-state index >= 15 is 0 Å². The summed E-state index contributed by atoms with van der Waals surface area (Å²) in [7, 11) is 0. The molecule has 0 atom stereocenters. The molecule has 4 rings (SSSR count). The van der Waals surface area contributed by atoms with Gasteiger partial charge < -0.3 is 9.42 Å².